The summed E-state index contributed by atoms with van der Waals surface area (Å²) in [6, 6.07) is 8.35. The molecule has 36 heavy (non-hydrogen) atoms. The smallest absolute Gasteiger partial charge is 0.399 e. The third-order valence-corrected chi connectivity index (χ3v) is 7.01. The van der Waals surface area contributed by atoms with Gasteiger partial charge in [0.2, 0.25) is 0 Å². The van der Waals surface area contributed by atoms with Gasteiger partial charge in [-0.15, -0.1) is 0 Å². The Hall–Kier alpha value is -3.51. The minimum atomic E-state index is -4.89. The van der Waals surface area contributed by atoms with Crippen LogP contribution in [0.2, 0.25) is 0 Å². The number of hydrogen-bond acceptors (Lipinski definition) is 6. The standard InChI is InChI=1S/C24H21BF3N3O5/c1-22(2)23(3,4)36-25(35-22)12-9-15-17(29-30-19(32)18(15)16(10-12)24(26,27)28)11-31-20(33)13-7-5-6-8-14(13)21(31)34/h5-10H,11H2,1-4H3,(H,30,32). The fourth-order valence-corrected chi connectivity index (χ4v) is 4.36. The monoisotopic (exact) mass is 499 g/mol. The van der Waals surface area contributed by atoms with Gasteiger partial charge in [0, 0.05) is 5.39 Å². The largest absolute Gasteiger partial charge is 0.494 e. The number of carbonyl (C=O) groups is 2. The highest BCUT2D eigenvalue weighted by molar-refractivity contribution is 6.62. The number of rotatable bonds is 3. The highest BCUT2D eigenvalue weighted by atomic mass is 19.4. The first kappa shape index (κ1) is 24.2. The summed E-state index contributed by atoms with van der Waals surface area (Å²) in [6.07, 6.45) is -4.89. The molecule has 3 heterocycles. The number of imide groups is 1. The highest BCUT2D eigenvalue weighted by Crippen LogP contribution is 2.38. The van der Waals surface area contributed by atoms with E-state index in [9.17, 15) is 27.6 Å². The first-order chi connectivity index (χ1) is 16.7. The summed E-state index contributed by atoms with van der Waals surface area (Å²) in [5, 5.41) is 5.19. The van der Waals surface area contributed by atoms with E-state index in [-0.39, 0.29) is 27.7 Å². The van der Waals surface area contributed by atoms with E-state index < -0.39 is 59.4 Å². The molecule has 0 spiro atoms. The van der Waals surface area contributed by atoms with Gasteiger partial charge in [-0.3, -0.25) is 19.3 Å². The zero-order valence-electron chi connectivity index (χ0n) is 19.8. The van der Waals surface area contributed by atoms with E-state index in [1.807, 2.05) is 0 Å². The normalized spacial score (nSPS) is 18.9. The molecule has 2 aliphatic heterocycles. The maximum Gasteiger partial charge on any atom is 0.494 e. The van der Waals surface area contributed by atoms with Crippen LogP contribution in [0, 0.1) is 0 Å². The summed E-state index contributed by atoms with van der Waals surface area (Å²) in [6.45, 7) is 6.61. The lowest BCUT2D eigenvalue weighted by atomic mass is 9.77. The van der Waals surface area contributed by atoms with Crippen molar-refractivity contribution in [2.24, 2.45) is 0 Å². The minimum absolute atomic E-state index is 0.0319. The van der Waals surface area contributed by atoms with Crippen molar-refractivity contribution < 1.29 is 32.1 Å². The average molecular weight is 499 g/mol. The van der Waals surface area contributed by atoms with Gasteiger partial charge in [0.1, 0.15) is 0 Å². The Morgan fingerprint density at radius 2 is 1.53 bits per heavy atom. The Bertz CT molecular complexity index is 1450. The van der Waals surface area contributed by atoms with Crippen LogP contribution in [0.1, 0.15) is 59.7 Å². The van der Waals surface area contributed by atoms with E-state index in [1.165, 1.54) is 18.2 Å². The number of carbonyl (C=O) groups excluding carboxylic acids is 2. The second-order valence-electron chi connectivity index (χ2n) is 9.82. The van der Waals surface area contributed by atoms with Crippen molar-refractivity contribution in [2.45, 2.75) is 51.6 Å². The number of benzene rings is 2. The summed E-state index contributed by atoms with van der Waals surface area (Å²) in [4.78, 5) is 39.1. The Morgan fingerprint density at radius 3 is 2.06 bits per heavy atom. The summed E-state index contributed by atoms with van der Waals surface area (Å²) in [5.41, 5.74) is -3.57. The molecule has 2 aromatic carbocycles. The van der Waals surface area contributed by atoms with E-state index >= 15 is 0 Å². The Kier molecular flexibility index (Phi) is 5.21. The topological polar surface area (TPSA) is 102 Å². The number of halogens is 3. The fraction of sp³-hybridized carbons (Fsp3) is 0.333. The number of aromatic nitrogens is 2. The molecular formula is C24H21BF3N3O5. The molecule has 0 unspecified atom stereocenters. The van der Waals surface area contributed by atoms with Gasteiger partial charge in [-0.2, -0.15) is 18.3 Å². The van der Waals surface area contributed by atoms with Crippen LogP contribution in [0.25, 0.3) is 10.8 Å². The molecule has 1 fully saturated rings. The molecule has 5 rings (SSSR count). The molecule has 0 radical (unpaired) electrons. The molecule has 2 amide bonds. The molecule has 2 aliphatic rings. The quantitative estimate of drug-likeness (QED) is 0.439. The van der Waals surface area contributed by atoms with Gasteiger partial charge in [-0.05, 0) is 51.4 Å². The van der Waals surface area contributed by atoms with E-state index in [2.05, 4.69) is 10.2 Å². The second kappa shape index (κ2) is 7.74. The van der Waals surface area contributed by atoms with Crippen molar-refractivity contribution in [3.8, 4) is 0 Å². The van der Waals surface area contributed by atoms with Gasteiger partial charge in [0.15, 0.2) is 0 Å². The number of nitrogens with one attached hydrogen (secondary N) is 1. The van der Waals surface area contributed by atoms with Crippen molar-refractivity contribution in [2.75, 3.05) is 0 Å². The van der Waals surface area contributed by atoms with Gasteiger partial charge in [0.25, 0.3) is 17.4 Å². The molecule has 186 valence electrons. The summed E-state index contributed by atoms with van der Waals surface area (Å²) in [7, 11) is -1.15. The molecule has 0 saturated carbocycles. The maximum atomic E-state index is 14.1. The van der Waals surface area contributed by atoms with Gasteiger partial charge in [-0.25, -0.2) is 5.10 Å². The lowest BCUT2D eigenvalue weighted by Crippen LogP contribution is -2.41. The summed E-state index contributed by atoms with van der Waals surface area (Å²) in [5.74, 6) is -1.20. The number of amides is 2. The number of alkyl halides is 3. The lowest BCUT2D eigenvalue weighted by Gasteiger charge is -2.32. The first-order valence-electron chi connectivity index (χ1n) is 11.1. The maximum absolute atomic E-state index is 14.1. The molecule has 0 bridgehead atoms. The van der Waals surface area contributed by atoms with E-state index in [4.69, 9.17) is 9.31 Å². The van der Waals surface area contributed by atoms with Crippen LogP contribution in [-0.2, 0) is 22.0 Å². The molecule has 12 heteroatoms. The zero-order chi connectivity index (χ0) is 26.2. The van der Waals surface area contributed by atoms with Crippen LogP contribution >= 0.6 is 0 Å². The van der Waals surface area contributed by atoms with Crippen LogP contribution in [0.3, 0.4) is 0 Å². The van der Waals surface area contributed by atoms with E-state index in [0.29, 0.717) is 0 Å². The van der Waals surface area contributed by atoms with Crippen molar-refractivity contribution >= 4 is 35.2 Å². The van der Waals surface area contributed by atoms with Gasteiger partial charge in [-0.1, -0.05) is 18.2 Å². The van der Waals surface area contributed by atoms with Crippen LogP contribution in [0.5, 0.6) is 0 Å². The van der Waals surface area contributed by atoms with Gasteiger partial charge >= 0.3 is 13.3 Å². The van der Waals surface area contributed by atoms with Crippen LogP contribution in [0.15, 0.2) is 41.2 Å². The summed E-state index contributed by atoms with van der Waals surface area (Å²) >= 11 is 0. The molecule has 0 atom stereocenters. The molecule has 0 aliphatic carbocycles. The van der Waals surface area contributed by atoms with E-state index in [1.54, 1.807) is 39.8 Å². The number of nitrogens with zero attached hydrogens (tertiary/aromatic N) is 2. The first-order valence-corrected chi connectivity index (χ1v) is 11.1. The van der Waals surface area contributed by atoms with Crippen molar-refractivity contribution in [3.63, 3.8) is 0 Å². The highest BCUT2D eigenvalue weighted by Gasteiger charge is 2.52. The number of H-pyrrole nitrogens is 1. The minimum Gasteiger partial charge on any atom is -0.399 e. The third-order valence-electron chi connectivity index (χ3n) is 7.01. The molecule has 3 aromatic rings. The van der Waals surface area contributed by atoms with Crippen LogP contribution < -0.4 is 11.0 Å². The van der Waals surface area contributed by atoms with Crippen LogP contribution in [0.4, 0.5) is 13.2 Å². The second-order valence-corrected chi connectivity index (χ2v) is 9.82. The van der Waals surface area contributed by atoms with Gasteiger partial charge < -0.3 is 9.31 Å². The van der Waals surface area contributed by atoms with Crippen molar-refractivity contribution in [1.82, 2.24) is 15.1 Å². The SMILES string of the molecule is CC1(C)OB(c2cc(C(F)(F)F)c3c(=O)[nH]nc(CN4C(=O)c5ccccc5C4=O)c3c2)OC1(C)C. The average Bonchev–Trinajstić information content (AvgIpc) is 3.17. The van der Waals surface area contributed by atoms with Gasteiger partial charge in [0.05, 0.1) is 45.5 Å². The molecule has 1 N–H and O–H groups in total. The number of fused-ring (bicyclic) bond motifs is 2. The lowest BCUT2D eigenvalue weighted by molar-refractivity contribution is -0.136. The third kappa shape index (κ3) is 3.63. The van der Waals surface area contributed by atoms with Crippen molar-refractivity contribution in [3.05, 3.63) is 69.1 Å². The Morgan fingerprint density at radius 1 is 0.972 bits per heavy atom. The molecule has 1 aromatic heterocycles. The number of hydrogen-bond donors (Lipinski definition) is 1. The Balaban J connectivity index is 1.66. The summed E-state index contributed by atoms with van der Waals surface area (Å²) < 4.78 is 54.3. The fourth-order valence-electron chi connectivity index (χ4n) is 4.36. The molecule has 8 nitrogen and oxygen atoms in total. The van der Waals surface area contributed by atoms with Crippen LogP contribution in [-0.4, -0.2) is 45.2 Å². The number of aromatic amines is 1. The van der Waals surface area contributed by atoms with E-state index in [0.717, 1.165) is 11.0 Å². The Labute approximate surface area is 203 Å². The zero-order valence-corrected chi connectivity index (χ0v) is 19.8. The predicted molar refractivity (Wildman–Crippen MR) is 124 cm³/mol. The molecule has 1 saturated heterocycles. The predicted octanol–water partition coefficient (Wildman–Crippen LogP) is 3.04. The van der Waals surface area contributed by atoms with Crippen molar-refractivity contribution in [1.29, 1.82) is 0 Å². The molecular weight excluding hydrogens is 478 g/mol.